The van der Waals surface area contributed by atoms with E-state index < -0.39 is 29.9 Å². The molecule has 1 fully saturated rings. The molecule has 2 aromatic carbocycles. The SMILES string of the molecule is CC(C)[Si](C(C)C)(C(C)C)n1ccc2ccc(S(=O)(=O)N[C@H]3CCN(c4ccc5c(c4)CN(C(=O)OC(C)(C)C)CC5)C3=O)cc21. The number of sulfonamides is 1. The Morgan fingerprint density at radius 2 is 1.61 bits per heavy atom. The van der Waals surface area contributed by atoms with Crippen LogP contribution in [0.5, 0.6) is 0 Å². The summed E-state index contributed by atoms with van der Waals surface area (Å²) in [6.07, 6.45) is 2.85. The van der Waals surface area contributed by atoms with Gasteiger partial charge >= 0.3 is 6.09 Å². The number of carbonyl (C=O) groups is 2. The number of aromatic nitrogens is 1. The molecule has 11 heteroatoms. The molecule has 46 heavy (non-hydrogen) atoms. The van der Waals surface area contributed by atoms with Gasteiger partial charge in [0.15, 0.2) is 8.24 Å². The second-order valence-electron chi connectivity index (χ2n) is 14.8. The van der Waals surface area contributed by atoms with Crippen molar-refractivity contribution in [2.24, 2.45) is 0 Å². The molecule has 1 atom stereocenters. The van der Waals surface area contributed by atoms with Crippen molar-refractivity contribution in [2.45, 2.75) is 115 Å². The van der Waals surface area contributed by atoms with Gasteiger partial charge in [0.2, 0.25) is 15.9 Å². The zero-order valence-electron chi connectivity index (χ0n) is 28.8. The van der Waals surface area contributed by atoms with Crippen LogP contribution in [0.1, 0.15) is 79.9 Å². The number of anilines is 1. The normalized spacial score (nSPS) is 17.9. The minimum atomic E-state index is -3.97. The molecule has 0 bridgehead atoms. The average Bonchev–Trinajstić information content (AvgIpc) is 3.54. The van der Waals surface area contributed by atoms with Crippen molar-refractivity contribution in [3.8, 4) is 0 Å². The van der Waals surface area contributed by atoms with Gasteiger partial charge < -0.3 is 18.8 Å². The first-order valence-electron chi connectivity index (χ1n) is 16.5. The van der Waals surface area contributed by atoms with Crippen molar-refractivity contribution in [1.82, 2.24) is 13.9 Å². The Morgan fingerprint density at radius 1 is 0.935 bits per heavy atom. The lowest BCUT2D eigenvalue weighted by Gasteiger charge is -2.44. The summed E-state index contributed by atoms with van der Waals surface area (Å²) in [5, 5.41) is 1.01. The number of benzene rings is 2. The van der Waals surface area contributed by atoms with Crippen LogP contribution in [0.15, 0.2) is 53.6 Å². The monoisotopic (exact) mass is 666 g/mol. The van der Waals surface area contributed by atoms with E-state index in [0.717, 1.165) is 22.0 Å². The van der Waals surface area contributed by atoms with Gasteiger partial charge in [-0.2, -0.15) is 4.72 Å². The first kappa shape index (κ1) is 34.2. The molecule has 3 heterocycles. The summed E-state index contributed by atoms with van der Waals surface area (Å²) in [7, 11) is -6.09. The average molecular weight is 667 g/mol. The summed E-state index contributed by atoms with van der Waals surface area (Å²) < 4.78 is 38.2. The molecule has 5 rings (SSSR count). The molecule has 0 spiro atoms. The topological polar surface area (TPSA) is 101 Å². The van der Waals surface area contributed by atoms with Crippen LogP contribution < -0.4 is 9.62 Å². The van der Waals surface area contributed by atoms with E-state index in [4.69, 9.17) is 4.74 Å². The van der Waals surface area contributed by atoms with Crippen molar-refractivity contribution in [3.05, 3.63) is 59.8 Å². The fraction of sp³-hybridized carbons (Fsp3) is 0.543. The molecule has 0 saturated carbocycles. The maximum atomic E-state index is 13.8. The maximum Gasteiger partial charge on any atom is 0.410 e. The van der Waals surface area contributed by atoms with E-state index in [-0.39, 0.29) is 16.9 Å². The summed E-state index contributed by atoms with van der Waals surface area (Å²) in [5.41, 5.74) is 4.50. The van der Waals surface area contributed by atoms with Crippen LogP contribution in [0.25, 0.3) is 10.9 Å². The Balaban J connectivity index is 1.36. The third kappa shape index (κ3) is 6.25. The number of ether oxygens (including phenoxy) is 1. The number of nitrogens with zero attached hydrogens (tertiary/aromatic N) is 3. The fourth-order valence-corrected chi connectivity index (χ4v) is 15.8. The molecule has 1 saturated heterocycles. The molecular formula is C35H50N4O5SSi. The zero-order chi connectivity index (χ0) is 33.8. The van der Waals surface area contributed by atoms with Gasteiger partial charge in [0.1, 0.15) is 11.6 Å². The summed E-state index contributed by atoms with van der Waals surface area (Å²) in [4.78, 5) is 29.8. The van der Waals surface area contributed by atoms with Crippen LogP contribution in [0.2, 0.25) is 16.6 Å². The molecule has 250 valence electrons. The van der Waals surface area contributed by atoms with Crippen LogP contribution in [0.3, 0.4) is 0 Å². The Morgan fingerprint density at radius 3 is 2.24 bits per heavy atom. The van der Waals surface area contributed by atoms with Gasteiger partial charge in [-0.25, -0.2) is 13.2 Å². The number of amides is 2. The molecule has 0 unspecified atom stereocenters. The number of fused-ring (bicyclic) bond motifs is 2. The standard InChI is InChI=1S/C35H50N4O5SSi/c1-23(2)46(24(3)4,25(5)6)39-19-15-27-11-13-30(21-32(27)39)45(42,43)36-31-16-18-38(33(31)40)29-12-10-26-14-17-37(22-28(26)20-29)34(41)44-35(7,8)9/h10-13,15,19-21,23-25,31,36H,14,16-18,22H2,1-9H3/t31-/m0/s1. The van der Waals surface area contributed by atoms with Crippen LogP contribution in [-0.2, 0) is 32.5 Å². The van der Waals surface area contributed by atoms with E-state index >= 15 is 0 Å². The van der Waals surface area contributed by atoms with Gasteiger partial charge in [0.25, 0.3) is 0 Å². The summed E-state index contributed by atoms with van der Waals surface area (Å²) >= 11 is 0. The van der Waals surface area contributed by atoms with Crippen LogP contribution in [0, 0.1) is 0 Å². The Kier molecular flexibility index (Phi) is 9.26. The van der Waals surface area contributed by atoms with Crippen LogP contribution in [0.4, 0.5) is 10.5 Å². The lowest BCUT2D eigenvalue weighted by Crippen LogP contribution is -2.51. The van der Waals surface area contributed by atoms with Gasteiger partial charge in [-0.05, 0) is 103 Å². The van der Waals surface area contributed by atoms with Crippen LogP contribution >= 0.6 is 0 Å². The molecular weight excluding hydrogens is 617 g/mol. The molecule has 2 aliphatic heterocycles. The second-order valence-corrected chi connectivity index (χ2v) is 22.2. The Labute approximate surface area is 275 Å². The van der Waals surface area contributed by atoms with E-state index in [0.29, 0.717) is 54.8 Å². The highest BCUT2D eigenvalue weighted by atomic mass is 32.2. The highest BCUT2D eigenvalue weighted by Crippen LogP contribution is 2.44. The Hall–Kier alpha value is -3.15. The van der Waals surface area contributed by atoms with E-state index in [1.165, 1.54) is 0 Å². The third-order valence-corrected chi connectivity index (χ3v) is 18.1. The highest BCUT2D eigenvalue weighted by Gasteiger charge is 2.46. The fourth-order valence-electron chi connectivity index (χ4n) is 7.94. The largest absolute Gasteiger partial charge is 0.444 e. The number of hydrogen-bond donors (Lipinski definition) is 1. The summed E-state index contributed by atoms with van der Waals surface area (Å²) in [5.74, 6) is -0.279. The lowest BCUT2D eigenvalue weighted by molar-refractivity contribution is -0.118. The molecule has 1 aromatic heterocycles. The van der Waals surface area contributed by atoms with Crippen molar-refractivity contribution < 1.29 is 22.7 Å². The minimum Gasteiger partial charge on any atom is -0.444 e. The smallest absolute Gasteiger partial charge is 0.410 e. The van der Waals surface area contributed by atoms with E-state index in [9.17, 15) is 18.0 Å². The predicted octanol–water partition coefficient (Wildman–Crippen LogP) is 7.04. The first-order chi connectivity index (χ1) is 21.5. The number of carbonyl (C=O) groups excluding carboxylic acids is 2. The van der Waals surface area contributed by atoms with Gasteiger partial charge in [0.05, 0.1) is 4.90 Å². The van der Waals surface area contributed by atoms with Crippen molar-refractivity contribution in [1.29, 1.82) is 0 Å². The van der Waals surface area contributed by atoms with E-state index in [1.54, 1.807) is 21.9 Å². The van der Waals surface area contributed by atoms with Crippen LogP contribution in [-0.4, -0.2) is 62.5 Å². The zero-order valence-corrected chi connectivity index (χ0v) is 30.6. The molecule has 3 aromatic rings. The molecule has 0 radical (unpaired) electrons. The van der Waals surface area contributed by atoms with Gasteiger partial charge in [-0.1, -0.05) is 53.7 Å². The number of hydrogen-bond acceptors (Lipinski definition) is 5. The van der Waals surface area contributed by atoms with E-state index in [1.807, 2.05) is 45.0 Å². The van der Waals surface area contributed by atoms with Gasteiger partial charge in [-0.15, -0.1) is 0 Å². The Bertz CT molecular complexity index is 1720. The first-order valence-corrected chi connectivity index (χ1v) is 20.2. The quantitative estimate of drug-likeness (QED) is 0.260. The number of rotatable bonds is 8. The third-order valence-electron chi connectivity index (χ3n) is 9.84. The minimum absolute atomic E-state index is 0.168. The highest BCUT2D eigenvalue weighted by molar-refractivity contribution is 7.89. The number of nitrogens with one attached hydrogen (secondary N) is 1. The van der Waals surface area contributed by atoms with Gasteiger partial charge in [-0.3, -0.25) is 4.79 Å². The molecule has 2 aliphatic rings. The molecule has 2 amide bonds. The second kappa shape index (κ2) is 12.5. The molecule has 1 N–H and O–H groups in total. The summed E-state index contributed by atoms with van der Waals surface area (Å²) in [6.45, 7) is 20.6. The predicted molar refractivity (Wildman–Crippen MR) is 186 cm³/mol. The molecule has 0 aliphatic carbocycles. The van der Waals surface area contributed by atoms with E-state index in [2.05, 4.69) is 62.8 Å². The summed E-state index contributed by atoms with van der Waals surface area (Å²) in [6, 6.07) is 12.4. The van der Waals surface area contributed by atoms with Crippen molar-refractivity contribution >= 4 is 46.8 Å². The maximum absolute atomic E-state index is 13.8. The van der Waals surface area contributed by atoms with Gasteiger partial charge in [0, 0.05) is 30.8 Å². The lowest BCUT2D eigenvalue weighted by atomic mass is 9.99. The molecule has 9 nitrogen and oxygen atoms in total. The van der Waals surface area contributed by atoms with Crippen molar-refractivity contribution in [2.75, 3.05) is 18.0 Å². The van der Waals surface area contributed by atoms with Crippen molar-refractivity contribution in [3.63, 3.8) is 0 Å².